The first kappa shape index (κ1) is 10.3. The van der Waals surface area contributed by atoms with E-state index >= 15 is 0 Å². The van der Waals surface area contributed by atoms with Gasteiger partial charge in [-0.15, -0.1) is 0 Å². The third-order valence-electron chi connectivity index (χ3n) is 1.74. The van der Waals surface area contributed by atoms with Crippen LogP contribution in [0.4, 0.5) is 0 Å². The van der Waals surface area contributed by atoms with Gasteiger partial charge in [-0.2, -0.15) is 0 Å². The minimum absolute atomic E-state index is 0.0670. The van der Waals surface area contributed by atoms with Gasteiger partial charge in [0.05, 0.1) is 0 Å². The second-order valence-electron chi connectivity index (χ2n) is 3.24. The molecule has 70 valence electrons. The van der Waals surface area contributed by atoms with Crippen LogP contribution in [-0.2, 0) is 0 Å². The standard InChI is InChI=1S/C11H14ClN/c1-8-3-5-10(11(12)7-8)6-4-9(2)13/h3-7,9H,13H2,1-2H3/b6-4+. The minimum atomic E-state index is 0.0670. The zero-order valence-electron chi connectivity index (χ0n) is 7.92. The number of rotatable bonds is 2. The summed E-state index contributed by atoms with van der Waals surface area (Å²) in [7, 11) is 0. The van der Waals surface area contributed by atoms with Crippen LogP contribution in [-0.4, -0.2) is 6.04 Å². The fourth-order valence-electron chi connectivity index (χ4n) is 1.02. The molecule has 0 aromatic heterocycles. The van der Waals surface area contributed by atoms with E-state index in [1.165, 1.54) is 5.56 Å². The van der Waals surface area contributed by atoms with Gasteiger partial charge in [-0.05, 0) is 31.0 Å². The Morgan fingerprint density at radius 2 is 2.15 bits per heavy atom. The summed E-state index contributed by atoms with van der Waals surface area (Å²) in [6, 6.07) is 6.04. The van der Waals surface area contributed by atoms with Crippen molar-refractivity contribution >= 4 is 17.7 Å². The van der Waals surface area contributed by atoms with E-state index in [0.717, 1.165) is 10.6 Å². The first-order valence-electron chi connectivity index (χ1n) is 4.29. The molecule has 0 saturated heterocycles. The lowest BCUT2D eigenvalue weighted by Gasteiger charge is -2.00. The van der Waals surface area contributed by atoms with Gasteiger partial charge in [0.2, 0.25) is 0 Å². The van der Waals surface area contributed by atoms with Crippen molar-refractivity contribution in [1.29, 1.82) is 0 Å². The third-order valence-corrected chi connectivity index (χ3v) is 2.06. The molecule has 1 rings (SSSR count). The summed E-state index contributed by atoms with van der Waals surface area (Å²) in [6.07, 6.45) is 3.88. The van der Waals surface area contributed by atoms with Gasteiger partial charge in [-0.25, -0.2) is 0 Å². The van der Waals surface area contributed by atoms with E-state index in [2.05, 4.69) is 0 Å². The molecule has 1 atom stereocenters. The maximum Gasteiger partial charge on any atom is 0.0480 e. The Bertz CT molecular complexity index is 316. The van der Waals surface area contributed by atoms with Crippen LogP contribution in [0.15, 0.2) is 24.3 Å². The predicted octanol–water partition coefficient (Wildman–Crippen LogP) is 3.01. The zero-order chi connectivity index (χ0) is 9.84. The fraction of sp³-hybridized carbons (Fsp3) is 0.273. The largest absolute Gasteiger partial charge is 0.325 e. The van der Waals surface area contributed by atoms with Gasteiger partial charge in [-0.3, -0.25) is 0 Å². The zero-order valence-corrected chi connectivity index (χ0v) is 8.68. The molecule has 0 aliphatic heterocycles. The van der Waals surface area contributed by atoms with E-state index in [9.17, 15) is 0 Å². The van der Waals surface area contributed by atoms with Gasteiger partial charge >= 0.3 is 0 Å². The lowest BCUT2D eigenvalue weighted by molar-refractivity contribution is 0.931. The molecule has 1 nitrogen and oxygen atoms in total. The summed E-state index contributed by atoms with van der Waals surface area (Å²) in [5.41, 5.74) is 7.78. The van der Waals surface area contributed by atoms with E-state index in [4.69, 9.17) is 17.3 Å². The summed E-state index contributed by atoms with van der Waals surface area (Å²) in [5.74, 6) is 0. The van der Waals surface area contributed by atoms with Crippen LogP contribution in [0.5, 0.6) is 0 Å². The molecule has 1 unspecified atom stereocenters. The number of hydrogen-bond donors (Lipinski definition) is 1. The summed E-state index contributed by atoms with van der Waals surface area (Å²) in [5, 5.41) is 0.775. The quantitative estimate of drug-likeness (QED) is 0.772. The molecular weight excluding hydrogens is 182 g/mol. The highest BCUT2D eigenvalue weighted by molar-refractivity contribution is 6.32. The Labute approximate surface area is 84.2 Å². The van der Waals surface area contributed by atoms with Crippen molar-refractivity contribution in [3.05, 3.63) is 40.4 Å². The highest BCUT2D eigenvalue weighted by atomic mass is 35.5. The Kier molecular flexibility index (Phi) is 3.52. The maximum atomic E-state index is 6.02. The van der Waals surface area contributed by atoms with Gasteiger partial charge in [0.15, 0.2) is 0 Å². The van der Waals surface area contributed by atoms with Crippen molar-refractivity contribution in [1.82, 2.24) is 0 Å². The molecule has 13 heavy (non-hydrogen) atoms. The molecule has 2 N–H and O–H groups in total. The third kappa shape index (κ3) is 3.21. The fourth-order valence-corrected chi connectivity index (χ4v) is 1.32. The number of hydrogen-bond acceptors (Lipinski definition) is 1. The van der Waals surface area contributed by atoms with E-state index in [-0.39, 0.29) is 6.04 Å². The first-order valence-corrected chi connectivity index (χ1v) is 4.67. The maximum absolute atomic E-state index is 6.02. The normalized spacial score (nSPS) is 13.5. The smallest absolute Gasteiger partial charge is 0.0480 e. The van der Waals surface area contributed by atoms with Gasteiger partial charge in [0, 0.05) is 11.1 Å². The molecule has 0 heterocycles. The molecule has 0 bridgehead atoms. The molecule has 1 aromatic carbocycles. The highest BCUT2D eigenvalue weighted by Gasteiger charge is 1.96. The number of aryl methyl sites for hydroxylation is 1. The van der Waals surface area contributed by atoms with E-state index in [0.29, 0.717) is 0 Å². The molecule has 0 aliphatic rings. The van der Waals surface area contributed by atoms with Gasteiger partial charge in [0.1, 0.15) is 0 Å². The Morgan fingerprint density at radius 1 is 1.46 bits per heavy atom. The Balaban J connectivity index is 2.90. The van der Waals surface area contributed by atoms with E-state index in [1.807, 2.05) is 44.2 Å². The summed E-state index contributed by atoms with van der Waals surface area (Å²) in [6.45, 7) is 3.95. The van der Waals surface area contributed by atoms with E-state index in [1.54, 1.807) is 0 Å². The molecule has 0 spiro atoms. The summed E-state index contributed by atoms with van der Waals surface area (Å²) in [4.78, 5) is 0. The van der Waals surface area contributed by atoms with E-state index < -0.39 is 0 Å². The Hall–Kier alpha value is -0.790. The first-order chi connectivity index (χ1) is 6.09. The molecule has 1 aromatic rings. The average molecular weight is 196 g/mol. The molecule has 2 heteroatoms. The Morgan fingerprint density at radius 3 is 2.69 bits per heavy atom. The topological polar surface area (TPSA) is 26.0 Å². The summed E-state index contributed by atoms with van der Waals surface area (Å²) >= 11 is 6.02. The lowest BCUT2D eigenvalue weighted by atomic mass is 10.1. The van der Waals surface area contributed by atoms with Crippen molar-refractivity contribution < 1.29 is 0 Å². The minimum Gasteiger partial charge on any atom is -0.325 e. The summed E-state index contributed by atoms with van der Waals surface area (Å²) < 4.78 is 0. The molecule has 0 radical (unpaired) electrons. The predicted molar refractivity (Wildman–Crippen MR) is 58.9 cm³/mol. The van der Waals surface area contributed by atoms with Crippen molar-refractivity contribution in [2.24, 2.45) is 5.73 Å². The van der Waals surface area contributed by atoms with Crippen LogP contribution >= 0.6 is 11.6 Å². The molecule has 0 amide bonds. The molecule has 0 fully saturated rings. The molecular formula is C11H14ClN. The second kappa shape index (κ2) is 4.45. The van der Waals surface area contributed by atoms with Crippen molar-refractivity contribution in [2.75, 3.05) is 0 Å². The van der Waals surface area contributed by atoms with Crippen LogP contribution < -0.4 is 5.73 Å². The lowest BCUT2D eigenvalue weighted by Crippen LogP contribution is -2.09. The number of halogens is 1. The van der Waals surface area contributed by atoms with Crippen LogP contribution in [0, 0.1) is 6.92 Å². The SMILES string of the molecule is Cc1ccc(/C=C/C(C)N)c(Cl)c1. The average Bonchev–Trinajstić information content (AvgIpc) is 2.02. The van der Waals surface area contributed by atoms with Crippen LogP contribution in [0.25, 0.3) is 6.08 Å². The number of nitrogens with two attached hydrogens (primary N) is 1. The van der Waals surface area contributed by atoms with Gasteiger partial charge in [-0.1, -0.05) is 35.9 Å². The monoisotopic (exact) mass is 195 g/mol. The molecule has 0 aliphatic carbocycles. The van der Waals surface area contributed by atoms with Crippen LogP contribution in [0.2, 0.25) is 5.02 Å². The van der Waals surface area contributed by atoms with Crippen LogP contribution in [0.1, 0.15) is 18.1 Å². The second-order valence-corrected chi connectivity index (χ2v) is 3.65. The van der Waals surface area contributed by atoms with Crippen molar-refractivity contribution in [3.8, 4) is 0 Å². The van der Waals surface area contributed by atoms with Crippen molar-refractivity contribution in [2.45, 2.75) is 19.9 Å². The van der Waals surface area contributed by atoms with Crippen molar-refractivity contribution in [3.63, 3.8) is 0 Å². The van der Waals surface area contributed by atoms with Gasteiger partial charge in [0.25, 0.3) is 0 Å². The van der Waals surface area contributed by atoms with Crippen LogP contribution in [0.3, 0.4) is 0 Å². The molecule has 0 saturated carbocycles. The highest BCUT2D eigenvalue weighted by Crippen LogP contribution is 2.18. The van der Waals surface area contributed by atoms with Gasteiger partial charge < -0.3 is 5.73 Å². The number of benzene rings is 1.